The first-order valence-electron chi connectivity index (χ1n) is 8.34. The van der Waals surface area contributed by atoms with Crippen molar-refractivity contribution in [2.24, 2.45) is 0 Å². The quantitative estimate of drug-likeness (QED) is 0.757. The molecule has 3 rings (SSSR count). The molecular formula is C19H19F3N2OS. The van der Waals surface area contributed by atoms with Gasteiger partial charge in [-0.05, 0) is 41.8 Å². The second-order valence-electron chi connectivity index (χ2n) is 6.02. The van der Waals surface area contributed by atoms with E-state index in [0.29, 0.717) is 23.5 Å². The van der Waals surface area contributed by atoms with Gasteiger partial charge < -0.3 is 10.2 Å². The molecule has 2 amide bonds. The Labute approximate surface area is 154 Å². The van der Waals surface area contributed by atoms with Crippen molar-refractivity contribution in [3.8, 4) is 0 Å². The zero-order chi connectivity index (χ0) is 18.7. The number of carbonyl (C=O) groups excluding carboxylic acids is 1. The van der Waals surface area contributed by atoms with E-state index in [0.717, 1.165) is 24.1 Å². The van der Waals surface area contributed by atoms with E-state index in [2.05, 4.69) is 5.32 Å². The zero-order valence-corrected chi connectivity index (χ0v) is 15.0. The van der Waals surface area contributed by atoms with Crippen LogP contribution in [0.25, 0.3) is 0 Å². The lowest BCUT2D eigenvalue weighted by atomic mass is 10.1. The molecule has 1 aliphatic rings. The normalized spacial score (nSPS) is 17.4. The molecule has 7 heteroatoms. The minimum Gasteiger partial charge on any atom is -0.308 e. The Kier molecular flexibility index (Phi) is 5.46. The minimum atomic E-state index is -4.40. The molecule has 0 bridgehead atoms. The molecule has 1 atom stereocenters. The third-order valence-electron chi connectivity index (χ3n) is 4.24. The van der Waals surface area contributed by atoms with E-state index in [-0.39, 0.29) is 6.03 Å². The maximum absolute atomic E-state index is 13.0. The summed E-state index contributed by atoms with van der Waals surface area (Å²) in [6, 6.07) is 12.5. The maximum Gasteiger partial charge on any atom is 0.416 e. The number of thioether (sulfide) groups is 1. The summed E-state index contributed by atoms with van der Waals surface area (Å²) < 4.78 is 38.9. The van der Waals surface area contributed by atoms with Gasteiger partial charge in [-0.15, -0.1) is 11.8 Å². The van der Waals surface area contributed by atoms with Gasteiger partial charge in [0.15, 0.2) is 0 Å². The van der Waals surface area contributed by atoms with Gasteiger partial charge in [0.1, 0.15) is 5.37 Å². The molecule has 1 aliphatic heterocycles. The van der Waals surface area contributed by atoms with Crippen LogP contribution in [0.3, 0.4) is 0 Å². The van der Waals surface area contributed by atoms with Gasteiger partial charge in [0, 0.05) is 18.0 Å². The van der Waals surface area contributed by atoms with E-state index < -0.39 is 17.1 Å². The fourth-order valence-electron chi connectivity index (χ4n) is 2.89. The van der Waals surface area contributed by atoms with Crippen LogP contribution in [-0.4, -0.2) is 23.2 Å². The summed E-state index contributed by atoms with van der Waals surface area (Å²) in [6.07, 6.45) is -3.54. The Bertz CT molecular complexity index is 794. The van der Waals surface area contributed by atoms with E-state index in [1.165, 1.54) is 17.8 Å². The van der Waals surface area contributed by atoms with Gasteiger partial charge >= 0.3 is 12.2 Å². The largest absolute Gasteiger partial charge is 0.416 e. The van der Waals surface area contributed by atoms with E-state index in [9.17, 15) is 18.0 Å². The summed E-state index contributed by atoms with van der Waals surface area (Å²) in [5, 5.41) is 2.43. The van der Waals surface area contributed by atoms with E-state index in [4.69, 9.17) is 0 Å². The highest BCUT2D eigenvalue weighted by Gasteiger charge is 2.34. The topological polar surface area (TPSA) is 32.3 Å². The van der Waals surface area contributed by atoms with Crippen molar-refractivity contribution in [1.82, 2.24) is 4.90 Å². The van der Waals surface area contributed by atoms with Crippen molar-refractivity contribution >= 4 is 23.5 Å². The summed E-state index contributed by atoms with van der Waals surface area (Å²) in [4.78, 5) is 14.2. The highest BCUT2D eigenvalue weighted by molar-refractivity contribution is 7.99. The van der Waals surface area contributed by atoms with Gasteiger partial charge in [-0.1, -0.05) is 31.2 Å². The predicted octanol–water partition coefficient (Wildman–Crippen LogP) is 5.55. The molecule has 1 N–H and O–H groups in total. The summed E-state index contributed by atoms with van der Waals surface area (Å²) >= 11 is 1.47. The first-order valence-corrected chi connectivity index (χ1v) is 9.38. The molecule has 0 spiro atoms. The van der Waals surface area contributed by atoms with Gasteiger partial charge in [0.2, 0.25) is 0 Å². The zero-order valence-electron chi connectivity index (χ0n) is 14.2. The number of nitrogens with one attached hydrogen (secondary N) is 1. The highest BCUT2D eigenvalue weighted by Crippen LogP contribution is 2.40. The van der Waals surface area contributed by atoms with Crippen LogP contribution in [0, 0.1) is 0 Å². The van der Waals surface area contributed by atoms with E-state index in [1.807, 2.05) is 25.1 Å². The number of nitrogens with zero attached hydrogens (tertiary/aromatic N) is 1. The third-order valence-corrected chi connectivity index (χ3v) is 5.50. The van der Waals surface area contributed by atoms with Gasteiger partial charge in [0.05, 0.1) is 5.56 Å². The SMILES string of the molecule is CCc1cccc(NC(=O)N2CCSC2c2cccc(C(F)(F)F)c2)c1. The summed E-state index contributed by atoms with van der Waals surface area (Å²) in [5.41, 5.74) is 1.58. The molecule has 0 saturated carbocycles. The van der Waals surface area contributed by atoms with Gasteiger partial charge in [-0.25, -0.2) is 4.79 Å². The predicted molar refractivity (Wildman–Crippen MR) is 98.2 cm³/mol. The van der Waals surface area contributed by atoms with Crippen LogP contribution < -0.4 is 5.32 Å². The van der Waals surface area contributed by atoms with Crippen LogP contribution in [0.2, 0.25) is 0 Å². The van der Waals surface area contributed by atoms with Crippen molar-refractivity contribution < 1.29 is 18.0 Å². The second kappa shape index (κ2) is 7.61. The number of urea groups is 1. The van der Waals surface area contributed by atoms with Crippen LogP contribution in [-0.2, 0) is 12.6 Å². The smallest absolute Gasteiger partial charge is 0.308 e. The molecule has 138 valence electrons. The number of carbonyl (C=O) groups is 1. The molecule has 1 unspecified atom stereocenters. The monoisotopic (exact) mass is 380 g/mol. The van der Waals surface area contributed by atoms with Crippen LogP contribution >= 0.6 is 11.8 Å². The fraction of sp³-hybridized carbons (Fsp3) is 0.316. The van der Waals surface area contributed by atoms with Gasteiger partial charge in [-0.2, -0.15) is 13.2 Å². The number of aryl methyl sites for hydroxylation is 1. The molecular weight excluding hydrogens is 361 g/mol. The number of alkyl halides is 3. The fourth-order valence-corrected chi connectivity index (χ4v) is 4.13. The average molecular weight is 380 g/mol. The molecule has 0 aliphatic carbocycles. The van der Waals surface area contributed by atoms with Crippen molar-refractivity contribution in [2.75, 3.05) is 17.6 Å². The summed E-state index contributed by atoms with van der Waals surface area (Å²) in [6.45, 7) is 2.52. The Morgan fingerprint density at radius 2 is 2.00 bits per heavy atom. The number of hydrogen-bond donors (Lipinski definition) is 1. The third kappa shape index (κ3) is 4.15. The minimum absolute atomic E-state index is 0.300. The Morgan fingerprint density at radius 1 is 1.23 bits per heavy atom. The van der Waals surface area contributed by atoms with Crippen molar-refractivity contribution in [2.45, 2.75) is 24.9 Å². The molecule has 1 saturated heterocycles. The van der Waals surface area contributed by atoms with Crippen LogP contribution in [0.4, 0.5) is 23.7 Å². The molecule has 2 aromatic rings. The van der Waals surface area contributed by atoms with Crippen LogP contribution in [0.15, 0.2) is 48.5 Å². The lowest BCUT2D eigenvalue weighted by Crippen LogP contribution is -2.34. The molecule has 26 heavy (non-hydrogen) atoms. The number of benzene rings is 2. The molecule has 1 fully saturated rings. The molecule has 3 nitrogen and oxygen atoms in total. The standard InChI is InChI=1S/C19H19F3N2OS/c1-2-13-5-3-8-16(11-13)23-18(25)24-9-10-26-17(24)14-6-4-7-15(12-14)19(20,21)22/h3-8,11-12,17H,2,9-10H2,1H3,(H,23,25). The maximum atomic E-state index is 13.0. The van der Waals surface area contributed by atoms with E-state index in [1.54, 1.807) is 17.0 Å². The summed E-state index contributed by atoms with van der Waals surface area (Å²) in [7, 11) is 0. The lowest BCUT2D eigenvalue weighted by Gasteiger charge is -2.25. The van der Waals surface area contributed by atoms with Crippen molar-refractivity contribution in [3.05, 3.63) is 65.2 Å². The summed E-state index contributed by atoms with van der Waals surface area (Å²) in [5.74, 6) is 0.684. The van der Waals surface area contributed by atoms with Crippen LogP contribution in [0.1, 0.15) is 29.0 Å². The number of hydrogen-bond acceptors (Lipinski definition) is 2. The van der Waals surface area contributed by atoms with E-state index >= 15 is 0 Å². The Balaban J connectivity index is 1.78. The lowest BCUT2D eigenvalue weighted by molar-refractivity contribution is -0.137. The van der Waals surface area contributed by atoms with Crippen LogP contribution in [0.5, 0.6) is 0 Å². The molecule has 0 radical (unpaired) electrons. The number of anilines is 1. The number of rotatable bonds is 3. The number of amides is 2. The van der Waals surface area contributed by atoms with Gasteiger partial charge in [0.25, 0.3) is 0 Å². The second-order valence-corrected chi connectivity index (χ2v) is 7.21. The highest BCUT2D eigenvalue weighted by atomic mass is 32.2. The Hall–Kier alpha value is -2.15. The van der Waals surface area contributed by atoms with Crippen molar-refractivity contribution in [3.63, 3.8) is 0 Å². The average Bonchev–Trinajstić information content (AvgIpc) is 3.11. The Morgan fingerprint density at radius 3 is 2.73 bits per heavy atom. The molecule has 2 aromatic carbocycles. The van der Waals surface area contributed by atoms with Crippen molar-refractivity contribution in [1.29, 1.82) is 0 Å². The number of halogens is 3. The first-order chi connectivity index (χ1) is 12.4. The first kappa shape index (κ1) is 18.6. The van der Waals surface area contributed by atoms with Gasteiger partial charge in [-0.3, -0.25) is 0 Å². The molecule has 0 aromatic heterocycles. The molecule has 1 heterocycles.